The van der Waals surface area contributed by atoms with Crippen LogP contribution in [0.3, 0.4) is 0 Å². The standard InChI is InChI=1S/C17H18ClNO3/c1-10-6-7-11(2)14(8-10)22-9-12-4-3-5-13(18)15(12)16(20)17(19)21/h3-8,16,20H,9H2,1-2H3,(H2,19,21). The Morgan fingerprint density at radius 1 is 1.32 bits per heavy atom. The number of ether oxygens (including phenoxy) is 1. The Bertz CT molecular complexity index is 700. The van der Waals surface area contributed by atoms with Crippen LogP contribution in [0.1, 0.15) is 28.4 Å². The van der Waals surface area contributed by atoms with Crippen LogP contribution in [0.5, 0.6) is 5.75 Å². The highest BCUT2D eigenvalue weighted by atomic mass is 35.5. The second kappa shape index (κ2) is 6.81. The number of benzene rings is 2. The van der Waals surface area contributed by atoms with Crippen molar-refractivity contribution in [2.24, 2.45) is 5.73 Å². The molecule has 0 bridgehead atoms. The third-order valence-corrected chi connectivity index (χ3v) is 3.74. The molecular formula is C17H18ClNO3. The van der Waals surface area contributed by atoms with Gasteiger partial charge in [0.15, 0.2) is 6.10 Å². The average molecular weight is 320 g/mol. The number of nitrogens with two attached hydrogens (primary N) is 1. The van der Waals surface area contributed by atoms with Crippen molar-refractivity contribution in [1.29, 1.82) is 0 Å². The Kier molecular flexibility index (Phi) is 5.06. The summed E-state index contributed by atoms with van der Waals surface area (Å²) in [5.41, 5.74) is 8.18. The molecule has 1 amide bonds. The van der Waals surface area contributed by atoms with Crippen molar-refractivity contribution in [2.75, 3.05) is 0 Å². The molecule has 5 heteroatoms. The fourth-order valence-electron chi connectivity index (χ4n) is 2.17. The predicted molar refractivity (Wildman–Crippen MR) is 85.9 cm³/mol. The number of aliphatic hydroxyl groups is 1. The summed E-state index contributed by atoms with van der Waals surface area (Å²) in [5, 5.41) is 10.2. The van der Waals surface area contributed by atoms with E-state index in [1.807, 2.05) is 32.0 Å². The number of rotatable bonds is 5. The van der Waals surface area contributed by atoms with E-state index in [4.69, 9.17) is 22.1 Å². The van der Waals surface area contributed by atoms with Gasteiger partial charge in [-0.15, -0.1) is 0 Å². The molecule has 0 spiro atoms. The van der Waals surface area contributed by atoms with Gasteiger partial charge in [0.25, 0.3) is 5.91 Å². The van der Waals surface area contributed by atoms with Gasteiger partial charge in [0.05, 0.1) is 0 Å². The number of aryl methyl sites for hydroxylation is 2. The fraction of sp³-hybridized carbons (Fsp3) is 0.235. The lowest BCUT2D eigenvalue weighted by Gasteiger charge is -2.16. The van der Waals surface area contributed by atoms with Crippen LogP contribution in [0.4, 0.5) is 0 Å². The lowest BCUT2D eigenvalue weighted by atomic mass is 10.0. The highest BCUT2D eigenvalue weighted by Crippen LogP contribution is 2.28. The topological polar surface area (TPSA) is 72.6 Å². The van der Waals surface area contributed by atoms with Crippen molar-refractivity contribution >= 4 is 17.5 Å². The molecule has 0 saturated heterocycles. The minimum atomic E-state index is -1.45. The lowest BCUT2D eigenvalue weighted by molar-refractivity contribution is -0.126. The molecule has 0 aliphatic carbocycles. The van der Waals surface area contributed by atoms with E-state index in [1.165, 1.54) is 0 Å². The van der Waals surface area contributed by atoms with E-state index >= 15 is 0 Å². The van der Waals surface area contributed by atoms with E-state index in [0.717, 1.165) is 16.9 Å². The van der Waals surface area contributed by atoms with Crippen LogP contribution in [-0.4, -0.2) is 11.0 Å². The normalized spacial score (nSPS) is 12.0. The first-order valence-corrected chi connectivity index (χ1v) is 7.22. The summed E-state index contributed by atoms with van der Waals surface area (Å²) in [7, 11) is 0. The van der Waals surface area contributed by atoms with Crippen LogP contribution >= 0.6 is 11.6 Å². The van der Waals surface area contributed by atoms with Crippen molar-refractivity contribution in [1.82, 2.24) is 0 Å². The Morgan fingerprint density at radius 2 is 2.05 bits per heavy atom. The molecule has 0 saturated carbocycles. The van der Waals surface area contributed by atoms with Gasteiger partial charge in [-0.3, -0.25) is 4.79 Å². The maximum Gasteiger partial charge on any atom is 0.250 e. The first kappa shape index (κ1) is 16.3. The molecule has 0 radical (unpaired) electrons. The van der Waals surface area contributed by atoms with E-state index in [1.54, 1.807) is 18.2 Å². The minimum Gasteiger partial charge on any atom is -0.489 e. The smallest absolute Gasteiger partial charge is 0.250 e. The number of aliphatic hydroxyl groups excluding tert-OH is 1. The van der Waals surface area contributed by atoms with Crippen LogP contribution in [0.15, 0.2) is 36.4 Å². The Balaban J connectivity index is 2.28. The average Bonchev–Trinajstić information content (AvgIpc) is 2.47. The number of hydrogen-bond acceptors (Lipinski definition) is 3. The number of carbonyl (C=O) groups is 1. The summed E-state index contributed by atoms with van der Waals surface area (Å²) >= 11 is 6.08. The van der Waals surface area contributed by atoms with Crippen LogP contribution in [0, 0.1) is 13.8 Å². The Hall–Kier alpha value is -2.04. The van der Waals surface area contributed by atoms with Gasteiger partial charge < -0.3 is 15.6 Å². The van der Waals surface area contributed by atoms with Gasteiger partial charge in [0.2, 0.25) is 0 Å². The van der Waals surface area contributed by atoms with Crippen LogP contribution in [0.25, 0.3) is 0 Å². The van der Waals surface area contributed by atoms with Gasteiger partial charge in [-0.05, 0) is 42.7 Å². The molecule has 22 heavy (non-hydrogen) atoms. The number of carbonyl (C=O) groups excluding carboxylic acids is 1. The molecule has 0 heterocycles. The highest BCUT2D eigenvalue weighted by molar-refractivity contribution is 6.31. The van der Waals surface area contributed by atoms with Gasteiger partial charge in [-0.1, -0.05) is 35.9 Å². The third-order valence-electron chi connectivity index (χ3n) is 3.41. The van der Waals surface area contributed by atoms with E-state index in [2.05, 4.69) is 0 Å². The van der Waals surface area contributed by atoms with Crippen molar-refractivity contribution in [3.63, 3.8) is 0 Å². The summed E-state index contributed by atoms with van der Waals surface area (Å²) in [6.45, 7) is 4.12. The van der Waals surface area contributed by atoms with Crippen LogP contribution in [-0.2, 0) is 11.4 Å². The third kappa shape index (κ3) is 3.59. The van der Waals surface area contributed by atoms with Gasteiger partial charge in [0, 0.05) is 10.6 Å². The van der Waals surface area contributed by atoms with E-state index in [-0.39, 0.29) is 11.6 Å². The van der Waals surface area contributed by atoms with Gasteiger partial charge in [0.1, 0.15) is 12.4 Å². The highest BCUT2D eigenvalue weighted by Gasteiger charge is 2.21. The quantitative estimate of drug-likeness (QED) is 0.889. The second-order valence-electron chi connectivity index (χ2n) is 5.18. The zero-order valence-electron chi connectivity index (χ0n) is 12.5. The molecule has 0 fully saturated rings. The molecule has 1 unspecified atom stereocenters. The first-order valence-electron chi connectivity index (χ1n) is 6.85. The first-order chi connectivity index (χ1) is 10.4. The Labute approximate surface area is 134 Å². The summed E-state index contributed by atoms with van der Waals surface area (Å²) in [4.78, 5) is 11.2. The molecule has 0 aromatic heterocycles. The maximum atomic E-state index is 11.2. The molecule has 2 aromatic carbocycles. The van der Waals surface area contributed by atoms with Gasteiger partial charge >= 0.3 is 0 Å². The van der Waals surface area contributed by atoms with Gasteiger partial charge in [-0.25, -0.2) is 0 Å². The summed E-state index contributed by atoms with van der Waals surface area (Å²) in [6.07, 6.45) is -1.45. The summed E-state index contributed by atoms with van der Waals surface area (Å²) in [5.74, 6) is -0.0967. The largest absolute Gasteiger partial charge is 0.489 e. The molecule has 116 valence electrons. The van der Waals surface area contributed by atoms with E-state index in [0.29, 0.717) is 11.1 Å². The monoisotopic (exact) mass is 319 g/mol. The number of amides is 1. The molecule has 0 aliphatic heterocycles. The SMILES string of the molecule is Cc1ccc(C)c(OCc2cccc(Cl)c2C(O)C(N)=O)c1. The van der Waals surface area contributed by atoms with Crippen molar-refractivity contribution in [3.05, 3.63) is 63.7 Å². The minimum absolute atomic E-state index is 0.185. The predicted octanol–water partition coefficient (Wildman–Crippen LogP) is 3.05. The maximum absolute atomic E-state index is 11.2. The van der Waals surface area contributed by atoms with Crippen molar-refractivity contribution in [2.45, 2.75) is 26.6 Å². The second-order valence-corrected chi connectivity index (χ2v) is 5.58. The van der Waals surface area contributed by atoms with Gasteiger partial charge in [-0.2, -0.15) is 0 Å². The molecule has 2 aromatic rings. The van der Waals surface area contributed by atoms with E-state index < -0.39 is 12.0 Å². The number of halogens is 1. The molecule has 3 N–H and O–H groups in total. The number of hydrogen-bond donors (Lipinski definition) is 2. The molecule has 1 atom stereocenters. The van der Waals surface area contributed by atoms with Crippen molar-refractivity contribution in [3.8, 4) is 5.75 Å². The zero-order chi connectivity index (χ0) is 16.3. The Morgan fingerprint density at radius 3 is 2.73 bits per heavy atom. The lowest BCUT2D eigenvalue weighted by Crippen LogP contribution is -2.22. The van der Waals surface area contributed by atoms with Crippen LogP contribution < -0.4 is 10.5 Å². The van der Waals surface area contributed by atoms with Crippen LogP contribution in [0.2, 0.25) is 5.02 Å². The summed E-state index contributed by atoms with van der Waals surface area (Å²) < 4.78 is 5.81. The fourth-order valence-corrected chi connectivity index (χ4v) is 2.47. The zero-order valence-corrected chi connectivity index (χ0v) is 13.2. The summed E-state index contributed by atoms with van der Waals surface area (Å²) in [6, 6.07) is 11.0. The van der Waals surface area contributed by atoms with Crippen molar-refractivity contribution < 1.29 is 14.6 Å². The molecule has 2 rings (SSSR count). The molecular weight excluding hydrogens is 302 g/mol. The van der Waals surface area contributed by atoms with E-state index in [9.17, 15) is 9.90 Å². The molecule has 4 nitrogen and oxygen atoms in total. The molecule has 0 aliphatic rings. The number of primary amides is 1.